The molecule has 2 N–H and O–H groups in total. The van der Waals surface area contributed by atoms with Crippen LogP contribution in [0.2, 0.25) is 0 Å². The van der Waals surface area contributed by atoms with Gasteiger partial charge in [0.15, 0.2) is 0 Å². The molecule has 0 unspecified atom stereocenters. The molecule has 0 saturated heterocycles. The molecular weight excluding hydrogens is 274 g/mol. The van der Waals surface area contributed by atoms with Crippen LogP contribution in [0.1, 0.15) is 33.3 Å². The SMILES string of the molecule is C/C=C(/N)C=C(C)C.C=C.CCc1ccc(OC)cc1OC. The first kappa shape index (κ1) is 22.1. The molecule has 0 aliphatic carbocycles. The summed E-state index contributed by atoms with van der Waals surface area (Å²) in [5.41, 5.74) is 8.74. The number of allylic oxidation sites excluding steroid dienone is 3. The molecule has 3 nitrogen and oxygen atoms in total. The van der Waals surface area contributed by atoms with Crippen LogP contribution in [0.25, 0.3) is 0 Å². The predicted molar refractivity (Wildman–Crippen MR) is 97.6 cm³/mol. The summed E-state index contributed by atoms with van der Waals surface area (Å²) in [6.07, 6.45) is 4.81. The van der Waals surface area contributed by atoms with Crippen molar-refractivity contribution >= 4 is 0 Å². The van der Waals surface area contributed by atoms with Crippen molar-refractivity contribution in [1.29, 1.82) is 0 Å². The van der Waals surface area contributed by atoms with Crippen LogP contribution < -0.4 is 15.2 Å². The van der Waals surface area contributed by atoms with Gasteiger partial charge in [-0.3, -0.25) is 0 Å². The third-order valence-electron chi connectivity index (χ3n) is 2.66. The van der Waals surface area contributed by atoms with Crippen molar-refractivity contribution in [2.75, 3.05) is 14.2 Å². The first-order chi connectivity index (χ1) is 10.5. The predicted octanol–water partition coefficient (Wildman–Crippen LogP) is 4.88. The van der Waals surface area contributed by atoms with Gasteiger partial charge < -0.3 is 15.2 Å². The number of methoxy groups -OCH3 is 2. The molecule has 0 aromatic heterocycles. The highest BCUT2D eigenvalue weighted by Crippen LogP contribution is 2.24. The molecule has 0 saturated carbocycles. The Balaban J connectivity index is 0. The number of benzene rings is 1. The molecule has 1 aromatic rings. The van der Waals surface area contributed by atoms with E-state index in [0.29, 0.717) is 0 Å². The third kappa shape index (κ3) is 9.70. The van der Waals surface area contributed by atoms with Crippen LogP contribution in [0.15, 0.2) is 54.8 Å². The van der Waals surface area contributed by atoms with Crippen LogP contribution in [-0.2, 0) is 6.42 Å². The zero-order chi connectivity index (χ0) is 17.5. The van der Waals surface area contributed by atoms with E-state index in [1.807, 2.05) is 51.1 Å². The summed E-state index contributed by atoms with van der Waals surface area (Å²) < 4.78 is 10.3. The highest BCUT2D eigenvalue weighted by Gasteiger charge is 2.01. The Morgan fingerprint density at radius 1 is 1.18 bits per heavy atom. The minimum absolute atomic E-state index is 0.837. The summed E-state index contributed by atoms with van der Waals surface area (Å²) in [7, 11) is 3.33. The van der Waals surface area contributed by atoms with Crippen molar-refractivity contribution in [1.82, 2.24) is 0 Å². The highest BCUT2D eigenvalue weighted by atomic mass is 16.5. The lowest BCUT2D eigenvalue weighted by Gasteiger charge is -2.07. The van der Waals surface area contributed by atoms with E-state index in [0.717, 1.165) is 23.6 Å². The number of rotatable bonds is 4. The standard InChI is InChI=1S/C10H14O2.C7H13N.C2H4/c1-4-8-5-6-9(11-2)7-10(8)12-3;1-4-7(8)5-6(2)3;1-2/h5-7H,4H2,1-3H3;4-5H,8H2,1-3H3;1-2H2/b;7-4+;. The maximum Gasteiger partial charge on any atom is 0.125 e. The normalized spacial score (nSPS) is 9.45. The van der Waals surface area contributed by atoms with Gasteiger partial charge in [0.05, 0.1) is 14.2 Å². The Hall–Kier alpha value is -2.16. The van der Waals surface area contributed by atoms with Gasteiger partial charge in [-0.25, -0.2) is 0 Å². The summed E-state index contributed by atoms with van der Waals surface area (Å²) in [6.45, 7) is 14.1. The average Bonchev–Trinajstić information content (AvgIpc) is 2.55. The number of nitrogens with two attached hydrogens (primary N) is 1. The maximum absolute atomic E-state index is 5.46. The topological polar surface area (TPSA) is 44.5 Å². The highest BCUT2D eigenvalue weighted by molar-refractivity contribution is 5.40. The lowest BCUT2D eigenvalue weighted by molar-refractivity contribution is 0.391. The van der Waals surface area contributed by atoms with E-state index in [2.05, 4.69) is 20.1 Å². The lowest BCUT2D eigenvalue weighted by Crippen LogP contribution is -1.91. The summed E-state index contributed by atoms with van der Waals surface area (Å²) in [4.78, 5) is 0. The van der Waals surface area contributed by atoms with Crippen molar-refractivity contribution in [3.05, 3.63) is 60.3 Å². The number of hydrogen-bond acceptors (Lipinski definition) is 3. The van der Waals surface area contributed by atoms with Crippen molar-refractivity contribution in [2.45, 2.75) is 34.1 Å². The fraction of sp³-hybridized carbons (Fsp3) is 0.368. The quantitative estimate of drug-likeness (QED) is 0.636. The number of ether oxygens (including phenoxy) is 2. The third-order valence-corrected chi connectivity index (χ3v) is 2.66. The van der Waals surface area contributed by atoms with Gasteiger partial charge in [-0.05, 0) is 44.9 Å². The minimum Gasteiger partial charge on any atom is -0.497 e. The van der Waals surface area contributed by atoms with Gasteiger partial charge in [-0.1, -0.05) is 24.6 Å². The molecule has 0 spiro atoms. The summed E-state index contributed by atoms with van der Waals surface area (Å²) in [5, 5.41) is 0. The van der Waals surface area contributed by atoms with Crippen LogP contribution >= 0.6 is 0 Å². The van der Waals surface area contributed by atoms with E-state index < -0.39 is 0 Å². The molecule has 1 rings (SSSR count). The second-order valence-electron chi connectivity index (χ2n) is 4.54. The van der Waals surface area contributed by atoms with Crippen molar-refractivity contribution in [3.63, 3.8) is 0 Å². The Kier molecular flexibility index (Phi) is 13.9. The van der Waals surface area contributed by atoms with Crippen molar-refractivity contribution in [2.24, 2.45) is 5.73 Å². The second-order valence-corrected chi connectivity index (χ2v) is 4.54. The minimum atomic E-state index is 0.837. The van der Waals surface area contributed by atoms with Crippen LogP contribution in [0.5, 0.6) is 11.5 Å². The van der Waals surface area contributed by atoms with Crippen LogP contribution in [0.3, 0.4) is 0 Å². The average molecular weight is 305 g/mol. The Labute approximate surface area is 136 Å². The van der Waals surface area contributed by atoms with Crippen LogP contribution in [-0.4, -0.2) is 14.2 Å². The first-order valence-corrected chi connectivity index (χ1v) is 7.26. The van der Waals surface area contributed by atoms with Gasteiger partial charge >= 0.3 is 0 Å². The van der Waals surface area contributed by atoms with Gasteiger partial charge in [0.2, 0.25) is 0 Å². The molecule has 22 heavy (non-hydrogen) atoms. The van der Waals surface area contributed by atoms with E-state index in [9.17, 15) is 0 Å². The molecule has 0 bridgehead atoms. The molecule has 3 heteroatoms. The molecule has 124 valence electrons. The van der Waals surface area contributed by atoms with Gasteiger partial charge in [0, 0.05) is 11.8 Å². The molecule has 0 heterocycles. The van der Waals surface area contributed by atoms with Crippen LogP contribution in [0, 0.1) is 0 Å². The summed E-state index contributed by atoms with van der Waals surface area (Å²) >= 11 is 0. The lowest BCUT2D eigenvalue weighted by atomic mass is 10.1. The molecule has 0 aliphatic rings. The molecule has 0 radical (unpaired) electrons. The van der Waals surface area contributed by atoms with E-state index in [-0.39, 0.29) is 0 Å². The van der Waals surface area contributed by atoms with Gasteiger partial charge in [-0.15, -0.1) is 13.2 Å². The van der Waals surface area contributed by atoms with Crippen molar-refractivity contribution < 1.29 is 9.47 Å². The van der Waals surface area contributed by atoms with E-state index in [4.69, 9.17) is 15.2 Å². The van der Waals surface area contributed by atoms with Gasteiger partial charge in [-0.2, -0.15) is 0 Å². The summed E-state index contributed by atoms with van der Waals surface area (Å²) in [6, 6.07) is 5.87. The smallest absolute Gasteiger partial charge is 0.125 e. The number of hydrogen-bond donors (Lipinski definition) is 1. The zero-order valence-corrected chi connectivity index (χ0v) is 14.9. The molecule has 1 aromatic carbocycles. The number of aryl methyl sites for hydroxylation is 1. The van der Waals surface area contributed by atoms with Gasteiger partial charge in [0.25, 0.3) is 0 Å². The summed E-state index contributed by atoms with van der Waals surface area (Å²) in [5.74, 6) is 1.74. The molecular formula is C19H31NO2. The Bertz CT molecular complexity index is 472. The molecule has 0 fully saturated rings. The largest absolute Gasteiger partial charge is 0.497 e. The van der Waals surface area contributed by atoms with Crippen molar-refractivity contribution in [3.8, 4) is 11.5 Å². The molecule has 0 amide bonds. The molecule has 0 atom stereocenters. The maximum atomic E-state index is 5.46. The van der Waals surface area contributed by atoms with Gasteiger partial charge in [0.1, 0.15) is 11.5 Å². The van der Waals surface area contributed by atoms with E-state index >= 15 is 0 Å². The Morgan fingerprint density at radius 2 is 1.77 bits per heavy atom. The first-order valence-electron chi connectivity index (χ1n) is 7.26. The second kappa shape index (κ2) is 13.8. The zero-order valence-electron chi connectivity index (χ0n) is 14.9. The monoisotopic (exact) mass is 305 g/mol. The Morgan fingerprint density at radius 3 is 2.09 bits per heavy atom. The van der Waals surface area contributed by atoms with E-state index in [1.54, 1.807) is 14.2 Å². The van der Waals surface area contributed by atoms with Crippen LogP contribution in [0.4, 0.5) is 0 Å². The fourth-order valence-corrected chi connectivity index (χ4v) is 1.56. The molecule has 0 aliphatic heterocycles. The fourth-order valence-electron chi connectivity index (χ4n) is 1.56. The van der Waals surface area contributed by atoms with E-state index in [1.165, 1.54) is 11.1 Å².